The second-order valence-corrected chi connectivity index (χ2v) is 8.01. The van der Waals surface area contributed by atoms with Gasteiger partial charge in [0.2, 0.25) is 0 Å². The quantitative estimate of drug-likeness (QED) is 0.715. The summed E-state index contributed by atoms with van der Waals surface area (Å²) in [5, 5.41) is 6.78. The van der Waals surface area contributed by atoms with Crippen molar-refractivity contribution in [3.8, 4) is 5.82 Å². The molecule has 0 atom stereocenters. The van der Waals surface area contributed by atoms with Crippen LogP contribution in [0.4, 0.5) is 0 Å². The highest BCUT2D eigenvalue weighted by Crippen LogP contribution is 2.32. The van der Waals surface area contributed by atoms with Crippen LogP contribution in [-0.4, -0.2) is 25.2 Å². The number of rotatable bonds is 2. The number of amides is 1. The molecule has 0 N–H and O–H groups in total. The third-order valence-corrected chi connectivity index (χ3v) is 5.09. The van der Waals surface area contributed by atoms with Crippen LogP contribution in [-0.2, 0) is 18.6 Å². The first-order chi connectivity index (χ1) is 11.4. The number of aromatic nitrogens is 3. The number of fused-ring (bicyclic) bond motifs is 1. The number of hydrogen-bond donors (Lipinski definition) is 0. The summed E-state index contributed by atoms with van der Waals surface area (Å²) in [7, 11) is 0. The van der Waals surface area contributed by atoms with Gasteiger partial charge in [-0.1, -0.05) is 6.07 Å². The predicted octanol–water partition coefficient (Wildman–Crippen LogP) is 3.65. The van der Waals surface area contributed by atoms with Gasteiger partial charge in [-0.15, -0.1) is 11.3 Å². The van der Waals surface area contributed by atoms with Gasteiger partial charge >= 0.3 is 0 Å². The van der Waals surface area contributed by atoms with E-state index in [-0.39, 0.29) is 11.4 Å². The summed E-state index contributed by atoms with van der Waals surface area (Å²) < 4.78 is 4.17. The zero-order chi connectivity index (χ0) is 16.9. The van der Waals surface area contributed by atoms with Gasteiger partial charge in [0, 0.05) is 18.0 Å². The largest absolute Gasteiger partial charge is 0.327 e. The molecule has 0 radical (unpaired) electrons. The van der Waals surface area contributed by atoms with E-state index in [0.29, 0.717) is 13.1 Å². The molecule has 0 fully saturated rings. The van der Waals surface area contributed by atoms with Gasteiger partial charge in [-0.2, -0.15) is 5.10 Å². The fourth-order valence-electron chi connectivity index (χ4n) is 3.11. The minimum atomic E-state index is -0.119. The lowest BCUT2D eigenvalue weighted by Crippen LogP contribution is -2.29. The van der Waals surface area contributed by atoms with Crippen molar-refractivity contribution in [2.24, 2.45) is 0 Å². The van der Waals surface area contributed by atoms with Crippen LogP contribution in [0.1, 0.15) is 41.7 Å². The Morgan fingerprint density at radius 3 is 2.54 bits per heavy atom. The molecule has 6 heteroatoms. The molecule has 0 saturated carbocycles. The van der Waals surface area contributed by atoms with Crippen molar-refractivity contribution >= 4 is 17.2 Å². The Morgan fingerprint density at radius 2 is 1.92 bits per heavy atom. The zero-order valence-corrected chi connectivity index (χ0v) is 14.9. The molecular formula is C18H20N4OS. The van der Waals surface area contributed by atoms with Crippen molar-refractivity contribution in [1.82, 2.24) is 19.2 Å². The molecule has 0 spiro atoms. The van der Waals surface area contributed by atoms with Crippen molar-refractivity contribution in [1.29, 1.82) is 0 Å². The smallest absolute Gasteiger partial charge is 0.264 e. The van der Waals surface area contributed by atoms with Crippen molar-refractivity contribution in [3.63, 3.8) is 0 Å². The van der Waals surface area contributed by atoms with Crippen LogP contribution in [0.15, 0.2) is 42.0 Å². The van der Waals surface area contributed by atoms with E-state index < -0.39 is 0 Å². The lowest BCUT2D eigenvalue weighted by molar-refractivity contribution is 0.0753. The summed E-state index contributed by atoms with van der Waals surface area (Å²) in [5.74, 6) is 1.15. The molecule has 3 aromatic rings. The van der Waals surface area contributed by atoms with E-state index in [1.165, 1.54) is 11.3 Å². The van der Waals surface area contributed by atoms with Crippen molar-refractivity contribution in [2.75, 3.05) is 0 Å². The standard InChI is InChI=1S/C18H20N4OS/c1-18(2,3)22-16(20-8-4-5-9-20)13-11-21(12-14(13)19-22)17(23)15-7-6-10-24-15/h4-10H,11-12H2,1-3H3. The van der Waals surface area contributed by atoms with Crippen LogP contribution in [0.25, 0.3) is 5.82 Å². The monoisotopic (exact) mass is 340 g/mol. The second-order valence-electron chi connectivity index (χ2n) is 7.06. The van der Waals surface area contributed by atoms with E-state index in [1.54, 1.807) is 0 Å². The van der Waals surface area contributed by atoms with Crippen molar-refractivity contribution < 1.29 is 4.79 Å². The SMILES string of the molecule is CC(C)(C)n1nc2c(c1-n1cccc1)CN(C(=O)c1cccs1)C2. The highest BCUT2D eigenvalue weighted by molar-refractivity contribution is 7.12. The highest BCUT2D eigenvalue weighted by Gasteiger charge is 2.34. The number of hydrogen-bond acceptors (Lipinski definition) is 3. The average molecular weight is 340 g/mol. The van der Waals surface area contributed by atoms with Crippen LogP contribution in [0.5, 0.6) is 0 Å². The summed E-state index contributed by atoms with van der Waals surface area (Å²) in [5.41, 5.74) is 2.02. The van der Waals surface area contributed by atoms with Crippen LogP contribution in [0.3, 0.4) is 0 Å². The molecule has 124 valence electrons. The van der Waals surface area contributed by atoms with Gasteiger partial charge < -0.3 is 9.47 Å². The number of nitrogens with zero attached hydrogens (tertiary/aromatic N) is 4. The molecule has 1 aliphatic rings. The maximum atomic E-state index is 12.6. The van der Waals surface area contributed by atoms with Gasteiger partial charge in [-0.3, -0.25) is 4.79 Å². The number of carbonyl (C=O) groups excluding carboxylic acids is 1. The van der Waals surface area contributed by atoms with Gasteiger partial charge in [0.1, 0.15) is 5.82 Å². The molecule has 0 aromatic carbocycles. The van der Waals surface area contributed by atoms with Gasteiger partial charge in [0.05, 0.1) is 29.2 Å². The van der Waals surface area contributed by atoms with Gasteiger partial charge in [0.25, 0.3) is 5.91 Å². The Morgan fingerprint density at radius 1 is 1.17 bits per heavy atom. The first-order valence-corrected chi connectivity index (χ1v) is 8.90. The van der Waals surface area contributed by atoms with Crippen LogP contribution < -0.4 is 0 Å². The fraction of sp³-hybridized carbons (Fsp3) is 0.333. The van der Waals surface area contributed by atoms with E-state index in [2.05, 4.69) is 30.0 Å². The first-order valence-electron chi connectivity index (χ1n) is 8.02. The Balaban J connectivity index is 1.74. The normalized spacial score (nSPS) is 14.2. The topological polar surface area (TPSA) is 43.1 Å². The fourth-order valence-corrected chi connectivity index (χ4v) is 3.80. The minimum Gasteiger partial charge on any atom is -0.327 e. The van der Waals surface area contributed by atoms with Crippen LogP contribution in [0.2, 0.25) is 0 Å². The third-order valence-electron chi connectivity index (χ3n) is 4.23. The van der Waals surface area contributed by atoms with Crippen LogP contribution in [0, 0.1) is 0 Å². The molecule has 1 amide bonds. The van der Waals surface area contributed by atoms with E-state index in [9.17, 15) is 4.79 Å². The van der Waals surface area contributed by atoms with E-state index in [1.807, 2.05) is 46.9 Å². The Bertz CT molecular complexity index is 869. The Labute approximate surface area is 145 Å². The first kappa shape index (κ1) is 15.2. The van der Waals surface area contributed by atoms with E-state index in [0.717, 1.165) is 22.0 Å². The van der Waals surface area contributed by atoms with Gasteiger partial charge in [-0.05, 0) is 44.4 Å². The van der Waals surface area contributed by atoms with Gasteiger partial charge in [0.15, 0.2) is 0 Å². The van der Waals surface area contributed by atoms with Crippen LogP contribution >= 0.6 is 11.3 Å². The Hall–Kier alpha value is -2.34. The molecule has 0 bridgehead atoms. The Kier molecular flexibility index (Phi) is 3.38. The number of carbonyl (C=O) groups is 1. The average Bonchev–Trinajstić information content (AvgIpc) is 3.27. The number of thiophene rings is 1. The van der Waals surface area contributed by atoms with Crippen molar-refractivity contribution in [3.05, 3.63) is 58.2 Å². The molecular weight excluding hydrogens is 320 g/mol. The third kappa shape index (κ3) is 2.38. The van der Waals surface area contributed by atoms with E-state index >= 15 is 0 Å². The maximum Gasteiger partial charge on any atom is 0.264 e. The van der Waals surface area contributed by atoms with Crippen molar-refractivity contribution in [2.45, 2.75) is 39.4 Å². The summed E-state index contributed by atoms with van der Waals surface area (Å²) in [6.45, 7) is 7.63. The summed E-state index contributed by atoms with van der Waals surface area (Å²) in [6.07, 6.45) is 4.06. The molecule has 24 heavy (non-hydrogen) atoms. The molecule has 4 rings (SSSR count). The van der Waals surface area contributed by atoms with Gasteiger partial charge in [-0.25, -0.2) is 4.68 Å². The molecule has 1 aliphatic heterocycles. The molecule has 0 saturated heterocycles. The predicted molar refractivity (Wildman–Crippen MR) is 94.4 cm³/mol. The lowest BCUT2D eigenvalue weighted by atomic mass is 10.1. The second kappa shape index (κ2) is 5.34. The molecule has 3 aromatic heterocycles. The lowest BCUT2D eigenvalue weighted by Gasteiger charge is -2.24. The zero-order valence-electron chi connectivity index (χ0n) is 14.1. The summed E-state index contributed by atoms with van der Waals surface area (Å²) >= 11 is 1.49. The minimum absolute atomic E-state index is 0.0868. The molecule has 5 nitrogen and oxygen atoms in total. The summed E-state index contributed by atoms with van der Waals surface area (Å²) in [6, 6.07) is 7.82. The molecule has 0 unspecified atom stereocenters. The maximum absolute atomic E-state index is 12.6. The van der Waals surface area contributed by atoms with E-state index in [4.69, 9.17) is 5.10 Å². The highest BCUT2D eigenvalue weighted by atomic mass is 32.1. The molecule has 4 heterocycles. The molecule has 0 aliphatic carbocycles. The summed E-state index contributed by atoms with van der Waals surface area (Å²) in [4.78, 5) is 15.3.